The molecule has 8 heteroatoms. The third-order valence-corrected chi connectivity index (χ3v) is 6.33. The van der Waals surface area contributed by atoms with Crippen molar-refractivity contribution in [3.8, 4) is 0 Å². The molecule has 150 valence electrons. The summed E-state index contributed by atoms with van der Waals surface area (Å²) in [6.07, 6.45) is 6.09. The molecule has 0 fully saturated rings. The van der Waals surface area contributed by atoms with E-state index in [0.717, 1.165) is 22.4 Å². The van der Waals surface area contributed by atoms with E-state index in [2.05, 4.69) is 15.0 Å². The Labute approximate surface area is 174 Å². The van der Waals surface area contributed by atoms with E-state index < -0.39 is 10.0 Å². The number of aromatic nitrogens is 1. The molecule has 0 aliphatic carbocycles. The van der Waals surface area contributed by atoms with Gasteiger partial charge in [-0.1, -0.05) is 12.1 Å². The fourth-order valence-electron chi connectivity index (χ4n) is 2.78. The molecule has 0 radical (unpaired) electrons. The molecule has 3 aromatic rings. The van der Waals surface area contributed by atoms with Crippen LogP contribution in [0.2, 0.25) is 0 Å². The summed E-state index contributed by atoms with van der Waals surface area (Å²) in [5.41, 5.74) is 3.14. The van der Waals surface area contributed by atoms with Crippen molar-refractivity contribution in [1.82, 2.24) is 4.98 Å². The second-order valence-corrected chi connectivity index (χ2v) is 8.91. The highest BCUT2D eigenvalue weighted by Gasteiger charge is 2.17. The van der Waals surface area contributed by atoms with Crippen molar-refractivity contribution in [1.29, 1.82) is 0 Å². The highest BCUT2D eigenvalue weighted by Crippen LogP contribution is 2.29. The zero-order chi connectivity index (χ0) is 20.9. The van der Waals surface area contributed by atoms with Crippen LogP contribution in [0.4, 0.5) is 11.4 Å². The van der Waals surface area contributed by atoms with E-state index in [1.807, 2.05) is 30.5 Å². The molecule has 29 heavy (non-hydrogen) atoms. The lowest BCUT2D eigenvalue weighted by Crippen LogP contribution is -2.14. The molecule has 0 saturated heterocycles. The van der Waals surface area contributed by atoms with Gasteiger partial charge in [0.25, 0.3) is 10.0 Å². The zero-order valence-corrected chi connectivity index (χ0v) is 17.7. The number of pyridine rings is 1. The molecule has 1 amide bonds. The van der Waals surface area contributed by atoms with Gasteiger partial charge < -0.3 is 5.32 Å². The van der Waals surface area contributed by atoms with Gasteiger partial charge in [0.15, 0.2) is 0 Å². The van der Waals surface area contributed by atoms with Crippen LogP contribution in [0.25, 0.3) is 0 Å². The predicted octanol–water partition coefficient (Wildman–Crippen LogP) is 4.15. The van der Waals surface area contributed by atoms with Crippen LogP contribution in [0.15, 0.2) is 76.8 Å². The Bertz CT molecular complexity index is 1100. The average Bonchev–Trinajstić information content (AvgIpc) is 2.69. The van der Waals surface area contributed by atoms with Crippen LogP contribution in [-0.4, -0.2) is 25.6 Å². The minimum absolute atomic E-state index is 0.0833. The number of carbonyl (C=O) groups is 1. The highest BCUT2D eigenvalue weighted by molar-refractivity contribution is 7.98. The molecule has 2 N–H and O–H groups in total. The molecule has 1 aromatic heterocycles. The molecule has 1 heterocycles. The summed E-state index contributed by atoms with van der Waals surface area (Å²) in [5.74, 6) is -0.257. The fourth-order valence-corrected chi connectivity index (χ4v) is 4.40. The third-order valence-electron chi connectivity index (χ3n) is 4.16. The molecule has 0 spiro atoms. The molecular formula is C21H21N3O3S2. The summed E-state index contributed by atoms with van der Waals surface area (Å²) >= 11 is 1.43. The van der Waals surface area contributed by atoms with Gasteiger partial charge in [-0.05, 0) is 66.3 Å². The van der Waals surface area contributed by atoms with E-state index in [4.69, 9.17) is 0 Å². The number of carbonyl (C=O) groups excluding carboxylic acids is 1. The Hall–Kier alpha value is -2.84. The summed E-state index contributed by atoms with van der Waals surface area (Å²) < 4.78 is 28.1. The quantitative estimate of drug-likeness (QED) is 0.553. The van der Waals surface area contributed by atoms with Crippen molar-refractivity contribution < 1.29 is 13.2 Å². The van der Waals surface area contributed by atoms with Gasteiger partial charge >= 0.3 is 0 Å². The summed E-state index contributed by atoms with van der Waals surface area (Å²) in [4.78, 5) is 16.3. The standard InChI is InChI=1S/C21H21N3O3S2/c1-15(25)23-20-14-19(7-8-21(20)28-2)29(26,27)24-18-5-3-16(4-6-18)13-17-9-11-22-12-10-17/h3-12,14,24H,13H2,1-2H3,(H,23,25). The second-order valence-electron chi connectivity index (χ2n) is 6.38. The minimum Gasteiger partial charge on any atom is -0.325 e. The average molecular weight is 428 g/mol. The zero-order valence-electron chi connectivity index (χ0n) is 16.0. The molecular weight excluding hydrogens is 406 g/mol. The number of anilines is 2. The maximum absolute atomic E-state index is 12.8. The number of amides is 1. The van der Waals surface area contributed by atoms with Gasteiger partial charge in [-0.15, -0.1) is 11.8 Å². The lowest BCUT2D eigenvalue weighted by Gasteiger charge is -2.13. The molecule has 0 atom stereocenters. The largest absolute Gasteiger partial charge is 0.325 e. The monoisotopic (exact) mass is 427 g/mol. The van der Waals surface area contributed by atoms with Gasteiger partial charge in [0.1, 0.15) is 0 Å². The molecule has 6 nitrogen and oxygen atoms in total. The SMILES string of the molecule is CSc1ccc(S(=O)(=O)Nc2ccc(Cc3ccncc3)cc2)cc1NC(C)=O. The highest BCUT2D eigenvalue weighted by atomic mass is 32.2. The minimum atomic E-state index is -3.79. The first-order valence-electron chi connectivity index (χ1n) is 8.84. The first-order chi connectivity index (χ1) is 13.9. The Balaban J connectivity index is 1.77. The number of nitrogens with one attached hydrogen (secondary N) is 2. The maximum Gasteiger partial charge on any atom is 0.261 e. The van der Waals surface area contributed by atoms with Crippen LogP contribution in [-0.2, 0) is 21.2 Å². The number of rotatable bonds is 7. The summed E-state index contributed by atoms with van der Waals surface area (Å²) in [7, 11) is -3.79. The van der Waals surface area contributed by atoms with Gasteiger partial charge in [-0.2, -0.15) is 0 Å². The van der Waals surface area contributed by atoms with Crippen LogP contribution in [0.5, 0.6) is 0 Å². The number of sulfonamides is 1. The Morgan fingerprint density at radius 3 is 2.28 bits per heavy atom. The number of thioether (sulfide) groups is 1. The van der Waals surface area contributed by atoms with Crippen molar-refractivity contribution in [3.05, 3.63) is 78.1 Å². The van der Waals surface area contributed by atoms with Gasteiger partial charge in [-0.25, -0.2) is 8.42 Å². The molecule has 3 rings (SSSR count). The number of hydrogen-bond acceptors (Lipinski definition) is 5. The second kappa shape index (κ2) is 9.11. The first kappa shape index (κ1) is 20.9. The smallest absolute Gasteiger partial charge is 0.261 e. The lowest BCUT2D eigenvalue weighted by atomic mass is 10.1. The van der Waals surface area contributed by atoms with Gasteiger partial charge in [0.05, 0.1) is 10.6 Å². The molecule has 2 aromatic carbocycles. The molecule has 0 bridgehead atoms. The van der Waals surface area contributed by atoms with Gasteiger partial charge in [-0.3, -0.25) is 14.5 Å². The predicted molar refractivity (Wildman–Crippen MR) is 117 cm³/mol. The Morgan fingerprint density at radius 2 is 1.66 bits per heavy atom. The number of hydrogen-bond donors (Lipinski definition) is 2. The molecule has 0 unspecified atom stereocenters. The Morgan fingerprint density at radius 1 is 1.00 bits per heavy atom. The van der Waals surface area contributed by atoms with Crippen LogP contribution in [0, 0.1) is 0 Å². The topological polar surface area (TPSA) is 88.2 Å². The van der Waals surface area contributed by atoms with E-state index in [0.29, 0.717) is 11.4 Å². The van der Waals surface area contributed by atoms with Crippen molar-refractivity contribution in [2.24, 2.45) is 0 Å². The summed E-state index contributed by atoms with van der Waals surface area (Å²) in [6.45, 7) is 1.39. The third kappa shape index (κ3) is 5.58. The van der Waals surface area contributed by atoms with E-state index in [1.165, 1.54) is 30.8 Å². The van der Waals surface area contributed by atoms with Gasteiger partial charge in [0.2, 0.25) is 5.91 Å². The first-order valence-corrected chi connectivity index (χ1v) is 11.5. The molecule has 0 saturated carbocycles. The summed E-state index contributed by atoms with van der Waals surface area (Å²) in [5, 5.41) is 2.67. The normalized spacial score (nSPS) is 11.1. The number of nitrogens with zero attached hydrogens (tertiary/aromatic N) is 1. The van der Waals surface area contributed by atoms with E-state index >= 15 is 0 Å². The van der Waals surface area contributed by atoms with Crippen LogP contribution in [0.3, 0.4) is 0 Å². The van der Waals surface area contributed by atoms with Crippen molar-refractivity contribution in [2.45, 2.75) is 23.1 Å². The summed E-state index contributed by atoms with van der Waals surface area (Å²) in [6, 6.07) is 15.8. The van der Waals surface area contributed by atoms with Crippen molar-refractivity contribution in [3.63, 3.8) is 0 Å². The Kier molecular flexibility index (Phi) is 6.56. The lowest BCUT2D eigenvalue weighted by molar-refractivity contribution is -0.114. The van der Waals surface area contributed by atoms with E-state index in [9.17, 15) is 13.2 Å². The fraction of sp³-hybridized carbons (Fsp3) is 0.143. The molecule has 0 aliphatic rings. The van der Waals surface area contributed by atoms with E-state index in [1.54, 1.807) is 30.6 Å². The van der Waals surface area contributed by atoms with Crippen LogP contribution in [0.1, 0.15) is 18.1 Å². The van der Waals surface area contributed by atoms with Crippen LogP contribution >= 0.6 is 11.8 Å². The van der Waals surface area contributed by atoms with E-state index in [-0.39, 0.29) is 10.8 Å². The molecule has 0 aliphatic heterocycles. The van der Waals surface area contributed by atoms with Gasteiger partial charge in [0, 0.05) is 29.9 Å². The van der Waals surface area contributed by atoms with Crippen molar-refractivity contribution in [2.75, 3.05) is 16.3 Å². The maximum atomic E-state index is 12.8. The van der Waals surface area contributed by atoms with Crippen molar-refractivity contribution >= 4 is 39.1 Å². The number of benzene rings is 2. The van der Waals surface area contributed by atoms with Crippen LogP contribution < -0.4 is 10.0 Å².